The molecule has 0 radical (unpaired) electrons. The van der Waals surface area contributed by atoms with E-state index in [9.17, 15) is 4.79 Å². The van der Waals surface area contributed by atoms with E-state index in [-0.39, 0.29) is 11.8 Å². The summed E-state index contributed by atoms with van der Waals surface area (Å²) < 4.78 is 2.26. The molecule has 0 spiro atoms. The zero-order chi connectivity index (χ0) is 15.1. The van der Waals surface area contributed by atoms with Gasteiger partial charge in [-0.15, -0.1) is 0 Å². The Balaban J connectivity index is 1.56. The highest BCUT2D eigenvalue weighted by atomic mass is 16.2. The first kappa shape index (κ1) is 13.6. The third-order valence-corrected chi connectivity index (χ3v) is 4.78. The third kappa shape index (κ3) is 2.54. The summed E-state index contributed by atoms with van der Waals surface area (Å²) in [5.74, 6) is 2.06. The van der Waals surface area contributed by atoms with Crippen LogP contribution in [-0.4, -0.2) is 15.5 Å². The van der Waals surface area contributed by atoms with Gasteiger partial charge in [-0.05, 0) is 37.3 Å². The van der Waals surface area contributed by atoms with Gasteiger partial charge >= 0.3 is 0 Å². The van der Waals surface area contributed by atoms with E-state index in [2.05, 4.69) is 29.1 Å². The van der Waals surface area contributed by atoms with Crippen molar-refractivity contribution in [2.45, 2.75) is 39.2 Å². The number of carbonyl (C=O) groups excluding carboxylic acids is 1. The number of carbonyl (C=O) groups is 1. The SMILES string of the molecule is C[C@@H]1C[C@@H]1C(=O)Nc1cccc(-c2cn3c(n2)CCCC3)c1. The van der Waals surface area contributed by atoms with Crippen LogP contribution < -0.4 is 5.32 Å². The maximum atomic E-state index is 12.1. The lowest BCUT2D eigenvalue weighted by Gasteiger charge is -2.11. The van der Waals surface area contributed by atoms with Gasteiger partial charge in [0, 0.05) is 36.3 Å². The maximum absolute atomic E-state index is 12.1. The molecule has 0 bridgehead atoms. The van der Waals surface area contributed by atoms with Gasteiger partial charge in [0.25, 0.3) is 0 Å². The van der Waals surface area contributed by atoms with Gasteiger partial charge in [0.05, 0.1) is 5.69 Å². The lowest BCUT2D eigenvalue weighted by molar-refractivity contribution is -0.117. The van der Waals surface area contributed by atoms with E-state index >= 15 is 0 Å². The third-order valence-electron chi connectivity index (χ3n) is 4.78. The van der Waals surface area contributed by atoms with E-state index in [1.54, 1.807) is 0 Å². The van der Waals surface area contributed by atoms with Crippen molar-refractivity contribution in [2.75, 3.05) is 5.32 Å². The Labute approximate surface area is 130 Å². The van der Waals surface area contributed by atoms with Crippen molar-refractivity contribution < 1.29 is 4.79 Å². The molecule has 1 aliphatic carbocycles. The van der Waals surface area contributed by atoms with Crippen LogP contribution >= 0.6 is 0 Å². The summed E-state index contributed by atoms with van der Waals surface area (Å²) >= 11 is 0. The molecule has 2 aliphatic rings. The quantitative estimate of drug-likeness (QED) is 0.942. The van der Waals surface area contributed by atoms with E-state index < -0.39 is 0 Å². The van der Waals surface area contributed by atoms with E-state index in [1.165, 1.54) is 18.7 Å². The summed E-state index contributed by atoms with van der Waals surface area (Å²) in [6.45, 7) is 3.19. The fourth-order valence-corrected chi connectivity index (χ4v) is 3.23. The lowest BCUT2D eigenvalue weighted by Crippen LogP contribution is -2.14. The number of hydrogen-bond donors (Lipinski definition) is 1. The summed E-state index contributed by atoms with van der Waals surface area (Å²) in [7, 11) is 0. The van der Waals surface area contributed by atoms with Crippen molar-refractivity contribution in [3.8, 4) is 11.3 Å². The standard InChI is InChI=1S/C18H21N3O/c1-12-9-15(12)18(22)19-14-6-4-5-13(10-14)16-11-21-8-3-2-7-17(21)20-16/h4-6,10-12,15H,2-3,7-9H2,1H3,(H,19,22)/t12-,15+/m1/s1. The molecular formula is C18H21N3O. The van der Waals surface area contributed by atoms with Gasteiger partial charge in [0.1, 0.15) is 5.82 Å². The molecule has 2 atom stereocenters. The Bertz CT molecular complexity index is 695. The summed E-state index contributed by atoms with van der Waals surface area (Å²) in [4.78, 5) is 16.8. The fraction of sp³-hybridized carbons (Fsp3) is 0.444. The molecule has 1 N–H and O–H groups in total. The molecule has 0 unspecified atom stereocenters. The van der Waals surface area contributed by atoms with Crippen molar-refractivity contribution in [1.29, 1.82) is 0 Å². The number of fused-ring (bicyclic) bond motifs is 1. The first-order valence-corrected chi connectivity index (χ1v) is 8.18. The van der Waals surface area contributed by atoms with Crippen LogP contribution in [0, 0.1) is 11.8 Å². The second-order valence-corrected chi connectivity index (χ2v) is 6.58. The minimum atomic E-state index is 0.147. The normalized spacial score (nSPS) is 23.0. The van der Waals surface area contributed by atoms with Crippen molar-refractivity contribution in [2.24, 2.45) is 11.8 Å². The average molecular weight is 295 g/mol. The molecule has 1 aliphatic heterocycles. The molecule has 4 nitrogen and oxygen atoms in total. The summed E-state index contributed by atoms with van der Waals surface area (Å²) in [6.07, 6.45) is 6.68. The molecule has 22 heavy (non-hydrogen) atoms. The number of hydrogen-bond acceptors (Lipinski definition) is 2. The smallest absolute Gasteiger partial charge is 0.227 e. The van der Waals surface area contributed by atoms with Crippen molar-refractivity contribution in [1.82, 2.24) is 9.55 Å². The molecule has 1 aromatic carbocycles. The predicted molar refractivity (Wildman–Crippen MR) is 86.5 cm³/mol. The number of benzene rings is 1. The Kier molecular flexibility index (Phi) is 3.25. The first-order chi connectivity index (χ1) is 10.7. The molecule has 0 saturated heterocycles. The summed E-state index contributed by atoms with van der Waals surface area (Å²) in [6, 6.07) is 8.02. The minimum Gasteiger partial charge on any atom is -0.334 e. The molecule has 2 aromatic rings. The number of nitrogens with zero attached hydrogens (tertiary/aromatic N) is 2. The van der Waals surface area contributed by atoms with Gasteiger partial charge in [-0.25, -0.2) is 4.98 Å². The van der Waals surface area contributed by atoms with Gasteiger partial charge in [-0.2, -0.15) is 0 Å². The Hall–Kier alpha value is -2.10. The molecule has 1 fully saturated rings. The number of amides is 1. The summed E-state index contributed by atoms with van der Waals surface area (Å²) in [5, 5.41) is 3.03. The van der Waals surface area contributed by atoms with Crippen LogP contribution in [0.25, 0.3) is 11.3 Å². The maximum Gasteiger partial charge on any atom is 0.227 e. The number of aromatic nitrogens is 2. The van der Waals surface area contributed by atoms with Crippen molar-refractivity contribution in [3.63, 3.8) is 0 Å². The molecule has 1 amide bonds. The van der Waals surface area contributed by atoms with Crippen LogP contribution in [0.1, 0.15) is 32.0 Å². The Morgan fingerprint density at radius 1 is 1.36 bits per heavy atom. The highest BCUT2D eigenvalue weighted by Crippen LogP contribution is 2.38. The molecule has 114 valence electrons. The van der Waals surface area contributed by atoms with Gasteiger partial charge in [-0.1, -0.05) is 19.1 Å². The summed E-state index contributed by atoms with van der Waals surface area (Å²) in [5.41, 5.74) is 2.95. The molecule has 1 saturated carbocycles. The molecule has 1 aromatic heterocycles. The van der Waals surface area contributed by atoms with Crippen LogP contribution in [0.5, 0.6) is 0 Å². The van der Waals surface area contributed by atoms with Crippen molar-refractivity contribution in [3.05, 3.63) is 36.3 Å². The van der Waals surface area contributed by atoms with Crippen LogP contribution in [-0.2, 0) is 17.8 Å². The predicted octanol–water partition coefficient (Wildman–Crippen LogP) is 3.48. The second kappa shape index (κ2) is 5.27. The van der Waals surface area contributed by atoms with E-state index in [0.717, 1.165) is 36.3 Å². The molecular weight excluding hydrogens is 274 g/mol. The second-order valence-electron chi connectivity index (χ2n) is 6.58. The van der Waals surface area contributed by atoms with E-state index in [0.29, 0.717) is 5.92 Å². The van der Waals surface area contributed by atoms with Gasteiger partial charge in [-0.3, -0.25) is 4.79 Å². The number of aryl methyl sites for hydroxylation is 2. The monoisotopic (exact) mass is 295 g/mol. The number of imidazole rings is 1. The average Bonchev–Trinajstić information content (AvgIpc) is 3.11. The van der Waals surface area contributed by atoms with Crippen LogP contribution in [0.15, 0.2) is 30.5 Å². The number of nitrogens with one attached hydrogen (secondary N) is 1. The van der Waals surface area contributed by atoms with Crippen LogP contribution in [0.4, 0.5) is 5.69 Å². The minimum absolute atomic E-state index is 0.147. The van der Waals surface area contributed by atoms with Gasteiger partial charge < -0.3 is 9.88 Å². The van der Waals surface area contributed by atoms with Crippen LogP contribution in [0.3, 0.4) is 0 Å². The Morgan fingerprint density at radius 2 is 2.23 bits per heavy atom. The number of rotatable bonds is 3. The van der Waals surface area contributed by atoms with Gasteiger partial charge in [0.2, 0.25) is 5.91 Å². The lowest BCUT2D eigenvalue weighted by atomic mass is 10.1. The van der Waals surface area contributed by atoms with Crippen LogP contribution in [0.2, 0.25) is 0 Å². The molecule has 2 heterocycles. The van der Waals surface area contributed by atoms with E-state index in [1.807, 2.05) is 18.2 Å². The zero-order valence-corrected chi connectivity index (χ0v) is 12.9. The van der Waals surface area contributed by atoms with Crippen molar-refractivity contribution >= 4 is 11.6 Å². The highest BCUT2D eigenvalue weighted by molar-refractivity contribution is 5.94. The molecule has 4 rings (SSSR count). The Morgan fingerprint density at radius 3 is 3.00 bits per heavy atom. The topological polar surface area (TPSA) is 46.9 Å². The fourth-order valence-electron chi connectivity index (χ4n) is 3.23. The first-order valence-electron chi connectivity index (χ1n) is 8.18. The van der Waals surface area contributed by atoms with Gasteiger partial charge in [0.15, 0.2) is 0 Å². The zero-order valence-electron chi connectivity index (χ0n) is 12.9. The number of anilines is 1. The largest absolute Gasteiger partial charge is 0.334 e. The highest BCUT2D eigenvalue weighted by Gasteiger charge is 2.39. The molecule has 4 heteroatoms. The van der Waals surface area contributed by atoms with E-state index in [4.69, 9.17) is 4.98 Å².